The second kappa shape index (κ2) is 12.6. The molecule has 2 aromatic rings. The van der Waals surface area contributed by atoms with Gasteiger partial charge >= 0.3 is 0 Å². The highest BCUT2D eigenvalue weighted by molar-refractivity contribution is 7.92. The zero-order valence-corrected chi connectivity index (χ0v) is 23.0. The normalized spacial score (nSPS) is 13.1. The molecule has 0 aliphatic carbocycles. The molecule has 2 aromatic carbocycles. The molecular weight excluding hydrogens is 509 g/mol. The summed E-state index contributed by atoms with van der Waals surface area (Å²) in [6.07, 6.45) is 2.56. The number of halogens is 2. The van der Waals surface area contributed by atoms with Gasteiger partial charge in [0.1, 0.15) is 12.6 Å². The third-order valence-electron chi connectivity index (χ3n) is 5.87. The maximum absolute atomic E-state index is 13.6. The molecule has 0 radical (unpaired) electrons. The van der Waals surface area contributed by atoms with Crippen LogP contribution in [0.3, 0.4) is 0 Å². The highest BCUT2D eigenvalue weighted by atomic mass is 35.5. The number of nitrogens with zero attached hydrogens (tertiary/aromatic N) is 2. The lowest BCUT2D eigenvalue weighted by molar-refractivity contribution is -0.139. The quantitative estimate of drug-likeness (QED) is 0.448. The first-order chi connectivity index (χ1) is 16.4. The fraction of sp³-hybridized carbons (Fsp3) is 0.440. The average Bonchev–Trinajstić information content (AvgIpc) is 2.81. The second-order valence-electron chi connectivity index (χ2n) is 8.51. The minimum absolute atomic E-state index is 0.0567. The Morgan fingerprint density at radius 1 is 1.00 bits per heavy atom. The number of anilines is 1. The Balaban J connectivity index is 2.43. The first-order valence-electron chi connectivity index (χ1n) is 11.5. The van der Waals surface area contributed by atoms with Crippen molar-refractivity contribution in [2.24, 2.45) is 0 Å². The molecule has 0 aromatic heterocycles. The molecule has 0 spiro atoms. The van der Waals surface area contributed by atoms with Crippen LogP contribution in [0.2, 0.25) is 10.0 Å². The van der Waals surface area contributed by atoms with Crippen molar-refractivity contribution in [3.8, 4) is 0 Å². The van der Waals surface area contributed by atoms with E-state index < -0.39 is 28.5 Å². The first-order valence-corrected chi connectivity index (χ1v) is 14.1. The number of carbonyl (C=O) groups excluding carboxylic acids is 2. The summed E-state index contributed by atoms with van der Waals surface area (Å²) in [5.41, 5.74) is 1.88. The fourth-order valence-corrected chi connectivity index (χ4v) is 4.78. The van der Waals surface area contributed by atoms with Crippen molar-refractivity contribution in [1.82, 2.24) is 10.2 Å². The summed E-state index contributed by atoms with van der Waals surface area (Å²) in [5, 5.41) is 3.57. The third kappa shape index (κ3) is 7.85. The van der Waals surface area contributed by atoms with Gasteiger partial charge in [-0.05, 0) is 56.5 Å². The number of amides is 2. The van der Waals surface area contributed by atoms with E-state index in [-0.39, 0.29) is 18.5 Å². The van der Waals surface area contributed by atoms with Gasteiger partial charge < -0.3 is 10.2 Å². The van der Waals surface area contributed by atoms with Crippen LogP contribution >= 0.6 is 23.2 Å². The molecule has 0 saturated carbocycles. The number of aryl methyl sites for hydroxylation is 1. The van der Waals surface area contributed by atoms with E-state index in [4.69, 9.17) is 23.2 Å². The van der Waals surface area contributed by atoms with Crippen molar-refractivity contribution < 1.29 is 18.0 Å². The summed E-state index contributed by atoms with van der Waals surface area (Å²) >= 11 is 12.7. The van der Waals surface area contributed by atoms with Crippen LogP contribution in [0.5, 0.6) is 0 Å². The summed E-state index contributed by atoms with van der Waals surface area (Å²) in [5.74, 6) is -0.910. The zero-order chi connectivity index (χ0) is 26.3. The molecule has 0 bridgehead atoms. The number of hydrogen-bond donors (Lipinski definition) is 1. The fourth-order valence-electron chi connectivity index (χ4n) is 3.41. The molecule has 0 heterocycles. The van der Waals surface area contributed by atoms with E-state index in [9.17, 15) is 18.0 Å². The SMILES string of the molecule is CCc1ccc(N(CC(=O)N(Cc2c(Cl)cccc2Cl)[C@@H](C)C(=O)N[C@@H](C)CC)S(C)(=O)=O)cc1. The van der Waals surface area contributed by atoms with Crippen LogP contribution in [0.15, 0.2) is 42.5 Å². The monoisotopic (exact) mass is 541 g/mol. The molecule has 0 aliphatic heterocycles. The van der Waals surface area contributed by atoms with Gasteiger partial charge in [0.05, 0.1) is 11.9 Å². The number of hydrogen-bond acceptors (Lipinski definition) is 4. The predicted octanol–water partition coefficient (Wildman–Crippen LogP) is 4.65. The molecular formula is C25H33Cl2N3O4S. The van der Waals surface area contributed by atoms with Crippen molar-refractivity contribution in [3.63, 3.8) is 0 Å². The van der Waals surface area contributed by atoms with Crippen molar-refractivity contribution >= 4 is 50.7 Å². The van der Waals surface area contributed by atoms with Crippen molar-refractivity contribution in [3.05, 3.63) is 63.6 Å². The molecule has 192 valence electrons. The Labute approximate surface area is 218 Å². The Bertz CT molecular complexity index is 1120. The number of sulfonamides is 1. The van der Waals surface area contributed by atoms with E-state index in [0.29, 0.717) is 21.3 Å². The van der Waals surface area contributed by atoms with Crippen molar-refractivity contribution in [1.29, 1.82) is 0 Å². The van der Waals surface area contributed by atoms with Crippen LogP contribution in [0, 0.1) is 0 Å². The van der Waals surface area contributed by atoms with Gasteiger partial charge in [0.25, 0.3) is 0 Å². The van der Waals surface area contributed by atoms with Gasteiger partial charge in [0, 0.05) is 28.2 Å². The average molecular weight is 543 g/mol. The van der Waals surface area contributed by atoms with E-state index in [2.05, 4.69) is 5.32 Å². The van der Waals surface area contributed by atoms with E-state index in [1.54, 1.807) is 37.3 Å². The Morgan fingerprint density at radius 2 is 1.57 bits per heavy atom. The molecule has 0 aliphatic rings. The summed E-state index contributed by atoms with van der Waals surface area (Å²) < 4.78 is 26.3. The maximum Gasteiger partial charge on any atom is 0.244 e. The van der Waals surface area contributed by atoms with Crippen molar-refractivity contribution in [2.45, 2.75) is 59.2 Å². The first kappa shape index (κ1) is 28.9. The molecule has 2 atom stereocenters. The van der Waals surface area contributed by atoms with E-state index in [1.807, 2.05) is 32.9 Å². The summed E-state index contributed by atoms with van der Waals surface area (Å²) in [4.78, 5) is 27.8. The van der Waals surface area contributed by atoms with Gasteiger partial charge in [0.15, 0.2) is 0 Å². The van der Waals surface area contributed by atoms with Crippen LogP contribution in [0.1, 0.15) is 45.2 Å². The Hall–Kier alpha value is -2.29. The lowest BCUT2D eigenvalue weighted by atomic mass is 10.1. The molecule has 0 saturated heterocycles. The highest BCUT2D eigenvalue weighted by Crippen LogP contribution is 2.27. The largest absolute Gasteiger partial charge is 0.352 e. The van der Waals surface area contributed by atoms with Gasteiger partial charge in [-0.15, -0.1) is 0 Å². The minimum Gasteiger partial charge on any atom is -0.352 e. The van der Waals surface area contributed by atoms with E-state index in [0.717, 1.165) is 29.0 Å². The van der Waals surface area contributed by atoms with Gasteiger partial charge in [0.2, 0.25) is 21.8 Å². The molecule has 10 heteroatoms. The van der Waals surface area contributed by atoms with Crippen LogP contribution in [-0.4, -0.2) is 50.0 Å². The molecule has 35 heavy (non-hydrogen) atoms. The Morgan fingerprint density at radius 3 is 2.06 bits per heavy atom. The lowest BCUT2D eigenvalue weighted by Crippen LogP contribution is -2.52. The number of nitrogens with one attached hydrogen (secondary N) is 1. The summed E-state index contributed by atoms with van der Waals surface area (Å²) in [6.45, 7) is 6.87. The summed E-state index contributed by atoms with van der Waals surface area (Å²) in [6, 6.07) is 11.0. The van der Waals surface area contributed by atoms with Gasteiger partial charge in [-0.2, -0.15) is 0 Å². The van der Waals surface area contributed by atoms with Gasteiger partial charge in [-0.3, -0.25) is 13.9 Å². The van der Waals surface area contributed by atoms with Crippen LogP contribution < -0.4 is 9.62 Å². The molecule has 7 nitrogen and oxygen atoms in total. The van der Waals surface area contributed by atoms with Crippen LogP contribution in [0.4, 0.5) is 5.69 Å². The third-order valence-corrected chi connectivity index (χ3v) is 7.72. The van der Waals surface area contributed by atoms with Crippen LogP contribution in [0.25, 0.3) is 0 Å². The molecule has 0 unspecified atom stereocenters. The van der Waals surface area contributed by atoms with Crippen molar-refractivity contribution in [2.75, 3.05) is 17.1 Å². The molecule has 0 fully saturated rings. The highest BCUT2D eigenvalue weighted by Gasteiger charge is 2.31. The van der Waals surface area contributed by atoms with Gasteiger partial charge in [-0.25, -0.2) is 8.42 Å². The number of benzene rings is 2. The minimum atomic E-state index is -3.79. The Kier molecular flexibility index (Phi) is 10.4. The standard InChI is InChI=1S/C25H33Cl2N3O4S/c1-6-17(3)28-25(32)18(4)29(15-21-22(26)9-8-10-23(21)27)24(31)16-30(35(5,33)34)20-13-11-19(7-2)12-14-20/h8-14,17-18H,6-7,15-16H2,1-5H3,(H,28,32)/t17-,18-/m0/s1. The number of rotatable bonds is 11. The smallest absolute Gasteiger partial charge is 0.244 e. The molecule has 1 N–H and O–H groups in total. The maximum atomic E-state index is 13.6. The van der Waals surface area contributed by atoms with E-state index in [1.165, 1.54) is 4.90 Å². The number of carbonyl (C=O) groups is 2. The summed E-state index contributed by atoms with van der Waals surface area (Å²) in [7, 11) is -3.79. The topological polar surface area (TPSA) is 86.8 Å². The lowest BCUT2D eigenvalue weighted by Gasteiger charge is -2.32. The second-order valence-corrected chi connectivity index (χ2v) is 11.2. The zero-order valence-electron chi connectivity index (χ0n) is 20.7. The molecule has 2 rings (SSSR count). The van der Waals surface area contributed by atoms with Crippen LogP contribution in [-0.2, 0) is 32.6 Å². The van der Waals surface area contributed by atoms with Gasteiger partial charge in [-0.1, -0.05) is 55.2 Å². The van der Waals surface area contributed by atoms with E-state index >= 15 is 0 Å². The predicted molar refractivity (Wildman–Crippen MR) is 142 cm³/mol. The molecule has 2 amide bonds.